The third kappa shape index (κ3) is 3.72. The van der Waals surface area contributed by atoms with Crippen LogP contribution < -0.4 is 5.73 Å². The molecule has 0 aliphatic rings. The molecule has 30 heavy (non-hydrogen) atoms. The fourth-order valence-corrected chi connectivity index (χ4v) is 5.40. The zero-order valence-corrected chi connectivity index (χ0v) is 17.3. The maximum atomic E-state index is 11.5. The van der Waals surface area contributed by atoms with Gasteiger partial charge in [0.25, 0.3) is 0 Å². The first-order chi connectivity index (χ1) is 14.6. The van der Waals surface area contributed by atoms with Crippen molar-refractivity contribution in [1.29, 1.82) is 0 Å². The topological polar surface area (TPSA) is 63.3 Å². The molecular formula is C26H23NO2S. The number of hydrogen-bond donors (Lipinski definition) is 2. The molecular weight excluding hydrogens is 390 g/mol. The summed E-state index contributed by atoms with van der Waals surface area (Å²) in [7, 11) is 0. The lowest BCUT2D eigenvalue weighted by Crippen LogP contribution is -2.36. The van der Waals surface area contributed by atoms with Crippen LogP contribution in [0.25, 0.3) is 10.8 Å². The molecule has 0 saturated carbocycles. The molecule has 1 atom stereocenters. The van der Waals surface area contributed by atoms with Gasteiger partial charge < -0.3 is 10.8 Å². The standard InChI is InChI=1S/C26H23NO2S/c27-24(25(28)29)18-30-26(20-12-3-1-4-13-20,21-14-5-2-6-15-21)23-17-9-11-19-10-7-8-16-22(19)23/h1-17,24H,18,27H2,(H,28,29)/t24-/m1/s1. The number of nitrogens with two attached hydrogens (primary N) is 1. The maximum Gasteiger partial charge on any atom is 0.321 e. The summed E-state index contributed by atoms with van der Waals surface area (Å²) in [6, 6.07) is 34.2. The molecule has 3 N–H and O–H groups in total. The van der Waals surface area contributed by atoms with Crippen molar-refractivity contribution in [3.05, 3.63) is 120 Å². The SMILES string of the molecule is N[C@H](CSC(c1ccccc1)(c1ccccc1)c1cccc2ccccc12)C(=O)O. The summed E-state index contributed by atoms with van der Waals surface area (Å²) < 4.78 is -0.601. The lowest BCUT2D eigenvalue weighted by Gasteiger charge is -2.36. The van der Waals surface area contributed by atoms with Crippen molar-refractivity contribution in [3.8, 4) is 0 Å². The van der Waals surface area contributed by atoms with Gasteiger partial charge in [-0.3, -0.25) is 4.79 Å². The van der Waals surface area contributed by atoms with E-state index in [4.69, 9.17) is 5.73 Å². The van der Waals surface area contributed by atoms with Crippen LogP contribution in [-0.2, 0) is 9.54 Å². The normalized spacial score (nSPS) is 12.6. The lowest BCUT2D eigenvalue weighted by atomic mass is 9.82. The third-order valence-corrected chi connectivity index (χ3v) is 6.98. The zero-order chi connectivity index (χ0) is 21.0. The van der Waals surface area contributed by atoms with Crippen molar-refractivity contribution in [2.24, 2.45) is 5.73 Å². The molecule has 0 aromatic heterocycles. The minimum Gasteiger partial charge on any atom is -0.480 e. The van der Waals surface area contributed by atoms with E-state index >= 15 is 0 Å². The number of fused-ring (bicyclic) bond motifs is 1. The Morgan fingerprint density at radius 2 is 1.33 bits per heavy atom. The van der Waals surface area contributed by atoms with Gasteiger partial charge in [0, 0.05) is 5.75 Å². The van der Waals surface area contributed by atoms with Crippen molar-refractivity contribution >= 4 is 28.5 Å². The van der Waals surface area contributed by atoms with Gasteiger partial charge in [0.2, 0.25) is 0 Å². The average molecular weight is 414 g/mol. The summed E-state index contributed by atoms with van der Waals surface area (Å²) in [4.78, 5) is 11.5. The summed E-state index contributed by atoms with van der Waals surface area (Å²) in [6.07, 6.45) is 0. The molecule has 0 radical (unpaired) electrons. The van der Waals surface area contributed by atoms with Crippen molar-refractivity contribution in [2.75, 3.05) is 5.75 Å². The van der Waals surface area contributed by atoms with E-state index in [0.717, 1.165) is 27.5 Å². The maximum absolute atomic E-state index is 11.5. The minimum absolute atomic E-state index is 0.280. The van der Waals surface area contributed by atoms with Gasteiger partial charge in [-0.2, -0.15) is 0 Å². The van der Waals surface area contributed by atoms with Gasteiger partial charge in [-0.15, -0.1) is 11.8 Å². The molecule has 3 nitrogen and oxygen atoms in total. The van der Waals surface area contributed by atoms with Gasteiger partial charge in [-0.25, -0.2) is 0 Å². The molecule has 0 heterocycles. The van der Waals surface area contributed by atoms with Crippen LogP contribution in [0.15, 0.2) is 103 Å². The minimum atomic E-state index is -0.990. The molecule has 4 aromatic carbocycles. The van der Waals surface area contributed by atoms with Gasteiger partial charge in [0.1, 0.15) is 6.04 Å². The summed E-state index contributed by atoms with van der Waals surface area (Å²) in [5.41, 5.74) is 9.26. The van der Waals surface area contributed by atoms with E-state index in [0.29, 0.717) is 0 Å². The summed E-state index contributed by atoms with van der Waals surface area (Å²) >= 11 is 1.57. The van der Waals surface area contributed by atoms with E-state index in [9.17, 15) is 9.90 Å². The highest BCUT2D eigenvalue weighted by Gasteiger charge is 2.39. The van der Waals surface area contributed by atoms with Crippen molar-refractivity contribution in [3.63, 3.8) is 0 Å². The highest BCUT2D eigenvalue weighted by Crippen LogP contribution is 2.50. The predicted octanol–water partition coefficient (Wildman–Crippen LogP) is 5.28. The largest absolute Gasteiger partial charge is 0.480 e. The quantitative estimate of drug-likeness (QED) is 0.405. The highest BCUT2D eigenvalue weighted by molar-refractivity contribution is 8.00. The Kier molecular flexibility index (Phi) is 5.88. The summed E-state index contributed by atoms with van der Waals surface area (Å²) in [6.45, 7) is 0. The number of hydrogen-bond acceptors (Lipinski definition) is 3. The number of benzene rings is 4. The second-order valence-electron chi connectivity index (χ2n) is 7.20. The molecule has 0 aliphatic heterocycles. The second kappa shape index (κ2) is 8.74. The fourth-order valence-electron chi connectivity index (χ4n) is 3.89. The molecule has 0 bridgehead atoms. The van der Waals surface area contributed by atoms with Gasteiger partial charge in [-0.1, -0.05) is 103 Å². The van der Waals surface area contributed by atoms with Crippen molar-refractivity contribution < 1.29 is 9.90 Å². The predicted molar refractivity (Wildman–Crippen MR) is 125 cm³/mol. The third-order valence-electron chi connectivity index (χ3n) is 5.33. The summed E-state index contributed by atoms with van der Waals surface area (Å²) in [5.74, 6) is -0.710. The first-order valence-electron chi connectivity index (χ1n) is 9.84. The first-order valence-corrected chi connectivity index (χ1v) is 10.8. The molecule has 4 rings (SSSR count). The number of rotatable bonds is 7. The second-order valence-corrected chi connectivity index (χ2v) is 8.43. The molecule has 0 unspecified atom stereocenters. The van der Waals surface area contributed by atoms with Gasteiger partial charge in [0.15, 0.2) is 0 Å². The molecule has 150 valence electrons. The molecule has 0 amide bonds. The van der Waals surface area contributed by atoms with E-state index in [1.165, 1.54) is 0 Å². The number of aliphatic carboxylic acids is 1. The molecule has 0 spiro atoms. The Hall–Kier alpha value is -3.08. The number of thioether (sulfide) groups is 1. The van der Waals surface area contributed by atoms with E-state index in [2.05, 4.69) is 54.6 Å². The Morgan fingerprint density at radius 3 is 1.93 bits per heavy atom. The van der Waals surface area contributed by atoms with Crippen LogP contribution in [0.5, 0.6) is 0 Å². The molecule has 0 saturated heterocycles. The van der Waals surface area contributed by atoms with Gasteiger partial charge >= 0.3 is 5.97 Å². The lowest BCUT2D eigenvalue weighted by molar-refractivity contribution is -0.137. The van der Waals surface area contributed by atoms with Gasteiger partial charge in [-0.05, 0) is 27.5 Å². The zero-order valence-electron chi connectivity index (χ0n) is 16.4. The van der Waals surface area contributed by atoms with E-state index < -0.39 is 16.8 Å². The van der Waals surface area contributed by atoms with Crippen LogP contribution in [0.4, 0.5) is 0 Å². The van der Waals surface area contributed by atoms with E-state index in [1.807, 2.05) is 48.5 Å². The molecule has 4 aromatic rings. The Morgan fingerprint density at radius 1 is 0.800 bits per heavy atom. The van der Waals surface area contributed by atoms with Crippen LogP contribution in [0.3, 0.4) is 0 Å². The molecule has 4 heteroatoms. The molecule has 0 aliphatic carbocycles. The number of carboxylic acids is 1. The Bertz CT molecular complexity index is 1100. The Balaban J connectivity index is 2.03. The highest BCUT2D eigenvalue weighted by atomic mass is 32.2. The van der Waals surface area contributed by atoms with Crippen LogP contribution >= 0.6 is 11.8 Å². The number of carbonyl (C=O) groups is 1. The van der Waals surface area contributed by atoms with Crippen LogP contribution in [-0.4, -0.2) is 22.9 Å². The van der Waals surface area contributed by atoms with Crippen LogP contribution in [0.2, 0.25) is 0 Å². The smallest absolute Gasteiger partial charge is 0.321 e. The van der Waals surface area contributed by atoms with Crippen molar-refractivity contribution in [2.45, 2.75) is 10.8 Å². The first kappa shape index (κ1) is 20.2. The summed E-state index contributed by atoms with van der Waals surface area (Å²) in [5, 5.41) is 11.7. The van der Waals surface area contributed by atoms with E-state index in [1.54, 1.807) is 11.8 Å². The van der Waals surface area contributed by atoms with Crippen LogP contribution in [0, 0.1) is 0 Å². The monoisotopic (exact) mass is 413 g/mol. The van der Waals surface area contributed by atoms with Gasteiger partial charge in [0.05, 0.1) is 4.75 Å². The van der Waals surface area contributed by atoms with Crippen molar-refractivity contribution in [1.82, 2.24) is 0 Å². The van der Waals surface area contributed by atoms with E-state index in [-0.39, 0.29) is 5.75 Å². The number of carboxylic acid groups (broad SMARTS) is 1. The molecule has 0 fully saturated rings. The fraction of sp³-hybridized carbons (Fsp3) is 0.115. The average Bonchev–Trinajstić information content (AvgIpc) is 2.80. The van der Waals surface area contributed by atoms with Crippen LogP contribution in [0.1, 0.15) is 16.7 Å². The Labute approximate surface area is 180 Å².